The summed E-state index contributed by atoms with van der Waals surface area (Å²) in [7, 11) is -1.02. The summed E-state index contributed by atoms with van der Waals surface area (Å²) < 4.78 is 15.0. The van der Waals surface area contributed by atoms with Gasteiger partial charge >= 0.3 is 0 Å². The predicted octanol–water partition coefficient (Wildman–Crippen LogP) is 4.83. The Morgan fingerprint density at radius 1 is 1.11 bits per heavy atom. The molecule has 27 heavy (non-hydrogen) atoms. The molecule has 4 nitrogen and oxygen atoms in total. The third kappa shape index (κ3) is 7.38. The van der Waals surface area contributed by atoms with Crippen molar-refractivity contribution in [1.29, 1.82) is 0 Å². The number of carbonyl (C=O) groups is 1. The van der Waals surface area contributed by atoms with Crippen molar-refractivity contribution in [1.82, 2.24) is 4.72 Å². The Kier molecular flexibility index (Phi) is 8.49. The maximum Gasteiger partial charge on any atom is 0.227 e. The molecule has 1 amide bonds. The summed E-state index contributed by atoms with van der Waals surface area (Å²) in [4.78, 5) is 12.6. The molecule has 2 rings (SSSR count). The molecule has 1 aromatic carbocycles. The van der Waals surface area contributed by atoms with Gasteiger partial charge < -0.3 is 5.32 Å². The van der Waals surface area contributed by atoms with Crippen LogP contribution in [0.4, 0.5) is 5.69 Å². The van der Waals surface area contributed by atoms with Crippen LogP contribution >= 0.6 is 0 Å². The summed E-state index contributed by atoms with van der Waals surface area (Å²) >= 11 is 0. The first-order chi connectivity index (χ1) is 12.8. The van der Waals surface area contributed by atoms with Gasteiger partial charge in [-0.25, -0.2) is 8.93 Å². The Morgan fingerprint density at radius 3 is 2.30 bits per heavy atom. The fraction of sp³-hybridized carbons (Fsp3) is 0.682. The van der Waals surface area contributed by atoms with E-state index in [1.165, 1.54) is 18.4 Å². The van der Waals surface area contributed by atoms with E-state index in [4.69, 9.17) is 0 Å². The molecule has 0 spiro atoms. The molecule has 0 radical (unpaired) electrons. The molecule has 0 aliphatic heterocycles. The third-order valence-corrected chi connectivity index (χ3v) is 6.86. The van der Waals surface area contributed by atoms with Gasteiger partial charge in [-0.3, -0.25) is 4.79 Å². The molecule has 5 heteroatoms. The Bertz CT molecular complexity index is 614. The van der Waals surface area contributed by atoms with Crippen LogP contribution in [0.3, 0.4) is 0 Å². The first-order valence-corrected chi connectivity index (χ1v) is 11.5. The number of hydrogen-bond donors (Lipinski definition) is 2. The molecular weight excluding hydrogens is 356 g/mol. The Hall–Kier alpha value is -1.20. The molecule has 1 fully saturated rings. The molecule has 1 aliphatic rings. The third-order valence-electron chi connectivity index (χ3n) is 5.32. The van der Waals surface area contributed by atoms with E-state index in [1.54, 1.807) is 0 Å². The Labute approximate surface area is 167 Å². The number of rotatable bonds is 8. The lowest BCUT2D eigenvalue weighted by Crippen LogP contribution is -2.37. The van der Waals surface area contributed by atoms with E-state index in [9.17, 15) is 9.00 Å². The van der Waals surface area contributed by atoms with Gasteiger partial charge in [-0.2, -0.15) is 0 Å². The number of amides is 1. The molecule has 0 saturated heterocycles. The lowest BCUT2D eigenvalue weighted by atomic mass is 9.81. The molecule has 1 saturated carbocycles. The standard InChI is InChI=1S/C22H36N2O2S/c1-5-6-7-17-10-14-20(15-11-17)24-21(25)19-12-8-18(9-13-19)16-23-27(26)22(2,3)4/h10-11,14-15,18-19,23H,5-9,12-13,16H2,1-4H3,(H,24,25). The van der Waals surface area contributed by atoms with Crippen molar-refractivity contribution in [3.05, 3.63) is 29.8 Å². The van der Waals surface area contributed by atoms with Gasteiger partial charge in [0, 0.05) is 18.2 Å². The van der Waals surface area contributed by atoms with E-state index in [2.05, 4.69) is 29.1 Å². The Balaban J connectivity index is 1.74. The monoisotopic (exact) mass is 392 g/mol. The first kappa shape index (κ1) is 22.1. The number of hydrogen-bond acceptors (Lipinski definition) is 2. The van der Waals surface area contributed by atoms with Crippen molar-refractivity contribution >= 4 is 22.6 Å². The van der Waals surface area contributed by atoms with Gasteiger partial charge in [0.25, 0.3) is 0 Å². The minimum Gasteiger partial charge on any atom is -0.326 e. The molecule has 1 aromatic rings. The van der Waals surface area contributed by atoms with E-state index < -0.39 is 11.0 Å². The maximum atomic E-state index is 12.6. The van der Waals surface area contributed by atoms with Crippen LogP contribution in [-0.2, 0) is 22.2 Å². The van der Waals surface area contributed by atoms with E-state index in [0.29, 0.717) is 5.92 Å². The maximum absolute atomic E-state index is 12.6. The highest BCUT2D eigenvalue weighted by molar-refractivity contribution is 7.84. The summed E-state index contributed by atoms with van der Waals surface area (Å²) in [5.41, 5.74) is 2.22. The topological polar surface area (TPSA) is 58.2 Å². The smallest absolute Gasteiger partial charge is 0.227 e. The fourth-order valence-electron chi connectivity index (χ4n) is 3.42. The van der Waals surface area contributed by atoms with Crippen LogP contribution in [0.1, 0.15) is 71.8 Å². The predicted molar refractivity (Wildman–Crippen MR) is 115 cm³/mol. The summed E-state index contributed by atoms with van der Waals surface area (Å²) in [5, 5.41) is 3.08. The second-order valence-corrected chi connectivity index (χ2v) is 10.8. The second-order valence-electron chi connectivity index (χ2n) is 8.74. The summed E-state index contributed by atoms with van der Waals surface area (Å²) in [6, 6.07) is 8.26. The van der Waals surface area contributed by atoms with Crippen molar-refractivity contribution in [2.24, 2.45) is 11.8 Å². The summed E-state index contributed by atoms with van der Waals surface area (Å²) in [5.74, 6) is 0.744. The second kappa shape index (κ2) is 10.4. The van der Waals surface area contributed by atoms with Crippen molar-refractivity contribution in [3.63, 3.8) is 0 Å². The van der Waals surface area contributed by atoms with Crippen LogP contribution in [0.2, 0.25) is 0 Å². The summed E-state index contributed by atoms with van der Waals surface area (Å²) in [6.07, 6.45) is 7.35. The van der Waals surface area contributed by atoms with Gasteiger partial charge in [0.1, 0.15) is 0 Å². The number of aryl methyl sites for hydroxylation is 1. The minimum absolute atomic E-state index is 0.0918. The highest BCUT2D eigenvalue weighted by Crippen LogP contribution is 2.29. The molecule has 2 N–H and O–H groups in total. The van der Waals surface area contributed by atoms with E-state index >= 15 is 0 Å². The van der Waals surface area contributed by atoms with Gasteiger partial charge in [0.15, 0.2) is 0 Å². The highest BCUT2D eigenvalue weighted by Gasteiger charge is 2.27. The average molecular weight is 393 g/mol. The molecule has 1 aliphatic carbocycles. The van der Waals surface area contributed by atoms with Crippen LogP contribution in [-0.4, -0.2) is 21.4 Å². The van der Waals surface area contributed by atoms with Crippen LogP contribution in [0.25, 0.3) is 0 Å². The molecule has 152 valence electrons. The van der Waals surface area contributed by atoms with E-state index in [1.807, 2.05) is 32.9 Å². The van der Waals surface area contributed by atoms with Crippen LogP contribution < -0.4 is 10.0 Å². The number of anilines is 1. The number of benzene rings is 1. The normalized spacial score (nSPS) is 21.6. The average Bonchev–Trinajstić information content (AvgIpc) is 2.65. The number of unbranched alkanes of at least 4 members (excludes halogenated alkanes) is 1. The fourth-order valence-corrected chi connectivity index (χ4v) is 4.24. The minimum atomic E-state index is -1.02. The molecule has 0 aromatic heterocycles. The lowest BCUT2D eigenvalue weighted by Gasteiger charge is -2.28. The van der Waals surface area contributed by atoms with Gasteiger partial charge in [-0.1, -0.05) is 25.5 Å². The first-order valence-electron chi connectivity index (χ1n) is 10.3. The van der Waals surface area contributed by atoms with Crippen molar-refractivity contribution in [3.8, 4) is 0 Å². The van der Waals surface area contributed by atoms with Gasteiger partial charge in [0.2, 0.25) is 5.91 Å². The zero-order chi connectivity index (χ0) is 19.9. The van der Waals surface area contributed by atoms with Crippen LogP contribution in [0.15, 0.2) is 24.3 Å². The highest BCUT2D eigenvalue weighted by atomic mass is 32.2. The van der Waals surface area contributed by atoms with E-state index in [0.717, 1.165) is 44.3 Å². The largest absolute Gasteiger partial charge is 0.326 e. The van der Waals surface area contributed by atoms with Gasteiger partial charge in [0.05, 0.1) is 15.7 Å². The molecule has 0 heterocycles. The quantitative estimate of drug-likeness (QED) is 0.666. The van der Waals surface area contributed by atoms with Gasteiger partial charge in [-0.05, 0) is 82.9 Å². The van der Waals surface area contributed by atoms with E-state index in [-0.39, 0.29) is 16.6 Å². The van der Waals surface area contributed by atoms with Crippen molar-refractivity contribution < 1.29 is 9.00 Å². The molecular formula is C22H36N2O2S. The van der Waals surface area contributed by atoms with Crippen LogP contribution in [0.5, 0.6) is 0 Å². The number of nitrogens with one attached hydrogen (secondary N) is 2. The van der Waals surface area contributed by atoms with Crippen molar-refractivity contribution in [2.75, 3.05) is 11.9 Å². The molecule has 1 unspecified atom stereocenters. The van der Waals surface area contributed by atoms with Crippen LogP contribution in [0, 0.1) is 11.8 Å². The summed E-state index contributed by atoms with van der Waals surface area (Å²) in [6.45, 7) is 8.91. The number of carbonyl (C=O) groups excluding carboxylic acids is 1. The zero-order valence-electron chi connectivity index (χ0n) is 17.3. The molecule has 1 atom stereocenters. The Morgan fingerprint density at radius 2 is 1.74 bits per heavy atom. The van der Waals surface area contributed by atoms with Crippen molar-refractivity contribution in [2.45, 2.75) is 77.4 Å². The zero-order valence-corrected chi connectivity index (χ0v) is 18.2. The molecule has 0 bridgehead atoms. The SMILES string of the molecule is CCCCc1ccc(NC(=O)C2CCC(CNS(=O)C(C)(C)C)CC2)cc1. The lowest BCUT2D eigenvalue weighted by molar-refractivity contribution is -0.121. The van der Waals surface area contributed by atoms with Gasteiger partial charge in [-0.15, -0.1) is 0 Å².